The lowest BCUT2D eigenvalue weighted by atomic mass is 10.0. The van der Waals surface area contributed by atoms with Crippen LogP contribution in [0.1, 0.15) is 25.0 Å². The quantitative estimate of drug-likeness (QED) is 0.410. The molecule has 0 unspecified atom stereocenters. The van der Waals surface area contributed by atoms with Crippen molar-refractivity contribution < 1.29 is 24.2 Å². The third-order valence-corrected chi connectivity index (χ3v) is 5.15. The Hall–Kier alpha value is -3.81. The SMILES string of the molecule is CC(C)[C@@H](NC(=O)OCc1ccccc1)C(=O)N[C@H](Cc1c[nH]c2ccccc12)C(=O)O. The van der Waals surface area contributed by atoms with Crippen molar-refractivity contribution in [2.24, 2.45) is 5.92 Å². The van der Waals surface area contributed by atoms with E-state index < -0.39 is 30.1 Å². The number of hydrogen-bond acceptors (Lipinski definition) is 4. The Balaban J connectivity index is 1.63. The summed E-state index contributed by atoms with van der Waals surface area (Å²) in [4.78, 5) is 40.0. The van der Waals surface area contributed by atoms with E-state index in [0.29, 0.717) is 0 Å². The molecule has 3 aromatic rings. The van der Waals surface area contributed by atoms with Crippen LogP contribution in [0.15, 0.2) is 60.8 Å². The van der Waals surface area contributed by atoms with Crippen LogP contribution in [0.3, 0.4) is 0 Å². The molecule has 0 aliphatic heterocycles. The van der Waals surface area contributed by atoms with Crippen molar-refractivity contribution in [2.75, 3.05) is 0 Å². The van der Waals surface area contributed by atoms with Gasteiger partial charge in [0.25, 0.3) is 0 Å². The second-order valence-corrected chi connectivity index (χ2v) is 7.89. The van der Waals surface area contributed by atoms with Gasteiger partial charge in [0.1, 0.15) is 18.7 Å². The summed E-state index contributed by atoms with van der Waals surface area (Å²) in [6.07, 6.45) is 1.10. The molecule has 2 aromatic carbocycles. The van der Waals surface area contributed by atoms with Crippen molar-refractivity contribution in [1.29, 1.82) is 0 Å². The Bertz CT molecular complexity index is 1080. The molecule has 0 saturated carbocycles. The molecule has 8 nitrogen and oxygen atoms in total. The van der Waals surface area contributed by atoms with Gasteiger partial charge in [0, 0.05) is 23.5 Å². The molecular weight excluding hydrogens is 410 g/mol. The van der Waals surface area contributed by atoms with E-state index in [4.69, 9.17) is 4.74 Å². The highest BCUT2D eigenvalue weighted by atomic mass is 16.5. The summed E-state index contributed by atoms with van der Waals surface area (Å²) in [6.45, 7) is 3.59. The first kappa shape index (κ1) is 22.9. The largest absolute Gasteiger partial charge is 0.480 e. The Morgan fingerprint density at radius 2 is 1.69 bits per heavy atom. The molecule has 1 aromatic heterocycles. The van der Waals surface area contributed by atoms with E-state index in [9.17, 15) is 19.5 Å². The molecule has 0 aliphatic carbocycles. The lowest BCUT2D eigenvalue weighted by molar-refractivity contribution is -0.142. The summed E-state index contributed by atoms with van der Waals surface area (Å²) >= 11 is 0. The van der Waals surface area contributed by atoms with E-state index in [1.165, 1.54) is 0 Å². The number of rotatable bonds is 9. The second-order valence-electron chi connectivity index (χ2n) is 7.89. The zero-order chi connectivity index (χ0) is 23.1. The Labute approximate surface area is 186 Å². The van der Waals surface area contributed by atoms with Crippen molar-refractivity contribution >= 4 is 28.9 Å². The van der Waals surface area contributed by atoms with Crippen molar-refractivity contribution in [1.82, 2.24) is 15.6 Å². The van der Waals surface area contributed by atoms with Gasteiger partial charge in [-0.25, -0.2) is 9.59 Å². The predicted molar refractivity (Wildman–Crippen MR) is 120 cm³/mol. The smallest absolute Gasteiger partial charge is 0.408 e. The topological polar surface area (TPSA) is 121 Å². The summed E-state index contributed by atoms with van der Waals surface area (Å²) < 4.78 is 5.19. The number of alkyl carbamates (subject to hydrolysis) is 1. The first-order valence-electron chi connectivity index (χ1n) is 10.4. The number of carbonyl (C=O) groups excluding carboxylic acids is 2. The third kappa shape index (κ3) is 5.87. The average Bonchev–Trinajstić information content (AvgIpc) is 3.19. The molecule has 32 heavy (non-hydrogen) atoms. The molecule has 168 valence electrons. The number of carboxylic acids is 1. The highest BCUT2D eigenvalue weighted by molar-refractivity contribution is 5.90. The lowest BCUT2D eigenvalue weighted by Crippen LogP contribution is -2.54. The molecular formula is C24H27N3O5. The molecule has 4 N–H and O–H groups in total. The number of H-pyrrole nitrogens is 1. The number of carboxylic acid groups (broad SMARTS) is 1. The highest BCUT2D eigenvalue weighted by Crippen LogP contribution is 2.19. The fourth-order valence-electron chi connectivity index (χ4n) is 3.41. The number of amides is 2. The van der Waals surface area contributed by atoms with Crippen LogP contribution in [0.4, 0.5) is 4.79 Å². The molecule has 0 saturated heterocycles. The standard InChI is InChI=1S/C24H27N3O5/c1-15(2)21(27-24(31)32-14-16-8-4-3-5-9-16)22(28)26-20(23(29)30)12-17-13-25-19-11-7-6-10-18(17)19/h3-11,13,15,20-21,25H,12,14H2,1-2H3,(H,26,28)(H,27,31)(H,29,30)/t20-,21-/m1/s1. The third-order valence-electron chi connectivity index (χ3n) is 5.15. The minimum absolute atomic E-state index is 0.0669. The van der Waals surface area contributed by atoms with E-state index in [-0.39, 0.29) is 18.9 Å². The number of ether oxygens (including phenoxy) is 1. The number of fused-ring (bicyclic) bond motifs is 1. The summed E-state index contributed by atoms with van der Waals surface area (Å²) in [5.41, 5.74) is 2.49. The van der Waals surface area contributed by atoms with Gasteiger partial charge in [0.05, 0.1) is 0 Å². The van der Waals surface area contributed by atoms with E-state index in [0.717, 1.165) is 22.0 Å². The number of aliphatic carboxylic acids is 1. The van der Waals surface area contributed by atoms with Crippen LogP contribution in [0.25, 0.3) is 10.9 Å². The summed E-state index contributed by atoms with van der Waals surface area (Å²) in [6, 6.07) is 14.6. The van der Waals surface area contributed by atoms with Crippen molar-refractivity contribution in [3.63, 3.8) is 0 Å². The lowest BCUT2D eigenvalue weighted by Gasteiger charge is -2.23. The number of aromatic nitrogens is 1. The first-order valence-corrected chi connectivity index (χ1v) is 10.4. The fourth-order valence-corrected chi connectivity index (χ4v) is 3.41. The van der Waals surface area contributed by atoms with Crippen LogP contribution in [0, 0.1) is 5.92 Å². The van der Waals surface area contributed by atoms with Gasteiger partial charge in [-0.2, -0.15) is 0 Å². The van der Waals surface area contributed by atoms with Crippen molar-refractivity contribution in [3.05, 3.63) is 71.9 Å². The number of benzene rings is 2. The first-order chi connectivity index (χ1) is 15.3. The van der Waals surface area contributed by atoms with E-state index in [1.807, 2.05) is 54.6 Å². The van der Waals surface area contributed by atoms with Crippen LogP contribution in [-0.2, 0) is 27.4 Å². The van der Waals surface area contributed by atoms with Crippen LogP contribution in [0.2, 0.25) is 0 Å². The molecule has 0 spiro atoms. The predicted octanol–water partition coefficient (Wildman–Crippen LogP) is 3.23. The van der Waals surface area contributed by atoms with Gasteiger partial charge in [-0.3, -0.25) is 4.79 Å². The Kier molecular flexibility index (Phi) is 7.49. The van der Waals surface area contributed by atoms with Gasteiger partial charge in [-0.15, -0.1) is 0 Å². The molecule has 0 fully saturated rings. The molecule has 1 heterocycles. The molecule has 0 radical (unpaired) electrons. The average molecular weight is 437 g/mol. The van der Waals surface area contributed by atoms with Gasteiger partial charge in [-0.1, -0.05) is 62.4 Å². The monoisotopic (exact) mass is 437 g/mol. The maximum Gasteiger partial charge on any atom is 0.408 e. The van der Waals surface area contributed by atoms with Gasteiger partial charge < -0.3 is 25.5 Å². The zero-order valence-electron chi connectivity index (χ0n) is 18.0. The summed E-state index contributed by atoms with van der Waals surface area (Å²) in [7, 11) is 0. The number of hydrogen-bond donors (Lipinski definition) is 4. The Morgan fingerprint density at radius 3 is 2.38 bits per heavy atom. The van der Waals surface area contributed by atoms with Gasteiger partial charge in [0.15, 0.2) is 0 Å². The number of carbonyl (C=O) groups is 3. The highest BCUT2D eigenvalue weighted by Gasteiger charge is 2.29. The van der Waals surface area contributed by atoms with Gasteiger partial charge in [0.2, 0.25) is 5.91 Å². The molecule has 0 bridgehead atoms. The minimum atomic E-state index is -1.15. The fraction of sp³-hybridized carbons (Fsp3) is 0.292. The van der Waals surface area contributed by atoms with E-state index >= 15 is 0 Å². The van der Waals surface area contributed by atoms with Crippen LogP contribution in [0.5, 0.6) is 0 Å². The Morgan fingerprint density at radius 1 is 1.00 bits per heavy atom. The van der Waals surface area contributed by atoms with Crippen LogP contribution in [-0.4, -0.2) is 40.1 Å². The molecule has 2 amide bonds. The summed E-state index contributed by atoms with van der Waals surface area (Å²) in [5.74, 6) is -2.01. The van der Waals surface area contributed by atoms with Gasteiger partial charge in [-0.05, 0) is 23.1 Å². The van der Waals surface area contributed by atoms with Crippen molar-refractivity contribution in [3.8, 4) is 0 Å². The molecule has 0 aliphatic rings. The normalized spacial score (nSPS) is 12.8. The van der Waals surface area contributed by atoms with Crippen LogP contribution < -0.4 is 10.6 Å². The molecule has 3 rings (SSSR count). The minimum Gasteiger partial charge on any atom is -0.480 e. The summed E-state index contributed by atoms with van der Waals surface area (Å²) in [5, 5.41) is 15.7. The maximum atomic E-state index is 12.8. The van der Waals surface area contributed by atoms with Crippen LogP contribution >= 0.6 is 0 Å². The second kappa shape index (κ2) is 10.5. The molecule has 8 heteroatoms. The van der Waals surface area contributed by atoms with Crippen molar-refractivity contribution in [2.45, 2.75) is 39.0 Å². The van der Waals surface area contributed by atoms with Gasteiger partial charge >= 0.3 is 12.1 Å². The number of para-hydroxylation sites is 1. The van der Waals surface area contributed by atoms with E-state index in [2.05, 4.69) is 15.6 Å². The number of nitrogens with one attached hydrogen (secondary N) is 3. The zero-order valence-corrected chi connectivity index (χ0v) is 18.0. The van der Waals surface area contributed by atoms with E-state index in [1.54, 1.807) is 20.0 Å². The molecule has 2 atom stereocenters. The maximum absolute atomic E-state index is 12.8. The number of aromatic amines is 1.